The van der Waals surface area contributed by atoms with Crippen LogP contribution in [0.25, 0.3) is 22.8 Å². The van der Waals surface area contributed by atoms with Gasteiger partial charge in [0, 0.05) is 15.6 Å². The van der Waals surface area contributed by atoms with Crippen LogP contribution < -0.4 is 0 Å². The largest absolute Gasteiger partial charge is 0.506 e. The summed E-state index contributed by atoms with van der Waals surface area (Å²) in [6.07, 6.45) is 0. The van der Waals surface area contributed by atoms with Crippen LogP contribution in [0, 0.1) is 6.92 Å². The number of nitrogens with zero attached hydrogens (tertiary/aromatic N) is 2. The predicted octanol–water partition coefficient (Wildman–Crippen LogP) is 4.83. The maximum atomic E-state index is 9.43. The van der Waals surface area contributed by atoms with Gasteiger partial charge in [-0.1, -0.05) is 38.8 Å². The van der Waals surface area contributed by atoms with Crippen LogP contribution >= 0.6 is 27.5 Å². The first kappa shape index (κ1) is 14.1. The molecule has 0 aliphatic carbocycles. The van der Waals surface area contributed by atoms with Gasteiger partial charge in [-0.3, -0.25) is 0 Å². The molecule has 1 heterocycles. The number of rotatable bonds is 2. The minimum atomic E-state index is 0.0152. The molecule has 6 heteroatoms. The molecule has 0 bridgehead atoms. The van der Waals surface area contributed by atoms with Crippen LogP contribution in [0.2, 0.25) is 5.02 Å². The summed E-state index contributed by atoms with van der Waals surface area (Å²) < 4.78 is 6.16. The van der Waals surface area contributed by atoms with Gasteiger partial charge in [-0.15, -0.1) is 0 Å². The molecule has 0 amide bonds. The Bertz CT molecular complexity index is 817. The van der Waals surface area contributed by atoms with Gasteiger partial charge < -0.3 is 9.63 Å². The molecule has 0 fully saturated rings. The predicted molar refractivity (Wildman–Crippen MR) is 84.3 cm³/mol. The molecule has 0 unspecified atom stereocenters. The lowest BCUT2D eigenvalue weighted by Gasteiger charge is -2.00. The number of hydrogen-bond donors (Lipinski definition) is 1. The first-order chi connectivity index (χ1) is 10.0. The van der Waals surface area contributed by atoms with Gasteiger partial charge in [-0.05, 0) is 42.8 Å². The Labute approximate surface area is 134 Å². The van der Waals surface area contributed by atoms with Crippen molar-refractivity contribution in [3.8, 4) is 28.6 Å². The molecule has 4 nitrogen and oxygen atoms in total. The number of hydrogen-bond acceptors (Lipinski definition) is 4. The van der Waals surface area contributed by atoms with Crippen LogP contribution in [0.1, 0.15) is 5.56 Å². The third kappa shape index (κ3) is 2.80. The van der Waals surface area contributed by atoms with Gasteiger partial charge in [0.05, 0.1) is 5.02 Å². The summed E-state index contributed by atoms with van der Waals surface area (Å²) >= 11 is 9.38. The van der Waals surface area contributed by atoms with Crippen LogP contribution in [-0.4, -0.2) is 15.2 Å². The molecule has 0 saturated carbocycles. The van der Waals surface area contributed by atoms with Crippen LogP contribution in [0.5, 0.6) is 5.75 Å². The maximum Gasteiger partial charge on any atom is 0.258 e. The zero-order chi connectivity index (χ0) is 15.0. The van der Waals surface area contributed by atoms with Crippen LogP contribution in [-0.2, 0) is 0 Å². The van der Waals surface area contributed by atoms with Gasteiger partial charge in [0.2, 0.25) is 5.82 Å². The number of aryl methyl sites for hydroxylation is 1. The highest BCUT2D eigenvalue weighted by Gasteiger charge is 2.14. The van der Waals surface area contributed by atoms with E-state index in [4.69, 9.17) is 16.1 Å². The summed E-state index contributed by atoms with van der Waals surface area (Å²) in [7, 11) is 0. The molecular formula is C15H10BrClN2O2. The molecule has 2 aromatic carbocycles. The highest BCUT2D eigenvalue weighted by atomic mass is 79.9. The van der Waals surface area contributed by atoms with E-state index in [1.807, 2.05) is 25.1 Å². The van der Waals surface area contributed by atoms with Crippen molar-refractivity contribution < 1.29 is 9.63 Å². The van der Waals surface area contributed by atoms with Crippen molar-refractivity contribution in [2.45, 2.75) is 6.92 Å². The van der Waals surface area contributed by atoms with Gasteiger partial charge in [0.15, 0.2) is 0 Å². The SMILES string of the molecule is Cc1ccc(-c2noc(-c3ccc(O)c(Cl)c3)n2)c(Br)c1. The number of phenols is 1. The lowest BCUT2D eigenvalue weighted by atomic mass is 10.1. The van der Waals surface area contributed by atoms with Crippen molar-refractivity contribution in [1.29, 1.82) is 0 Å². The summed E-state index contributed by atoms with van der Waals surface area (Å²) in [5, 5.41) is 13.7. The number of aromatic hydroxyl groups is 1. The summed E-state index contributed by atoms with van der Waals surface area (Å²) in [5.41, 5.74) is 2.64. The van der Waals surface area contributed by atoms with Crippen LogP contribution in [0.15, 0.2) is 45.4 Å². The van der Waals surface area contributed by atoms with E-state index >= 15 is 0 Å². The third-order valence-corrected chi connectivity index (χ3v) is 3.94. The van der Waals surface area contributed by atoms with Crippen molar-refractivity contribution >= 4 is 27.5 Å². The van der Waals surface area contributed by atoms with Gasteiger partial charge in [-0.2, -0.15) is 4.98 Å². The van der Waals surface area contributed by atoms with Crippen molar-refractivity contribution in [2.75, 3.05) is 0 Å². The van der Waals surface area contributed by atoms with Gasteiger partial charge >= 0.3 is 0 Å². The van der Waals surface area contributed by atoms with E-state index in [2.05, 4.69) is 26.1 Å². The first-order valence-electron chi connectivity index (χ1n) is 6.14. The van der Waals surface area contributed by atoms with Gasteiger partial charge in [0.25, 0.3) is 5.89 Å². The number of phenolic OH excluding ortho intramolecular Hbond substituents is 1. The van der Waals surface area contributed by atoms with Gasteiger partial charge in [-0.25, -0.2) is 0 Å². The molecule has 0 saturated heterocycles. The number of aromatic nitrogens is 2. The van der Waals surface area contributed by atoms with E-state index < -0.39 is 0 Å². The Kier molecular flexibility index (Phi) is 3.69. The van der Waals surface area contributed by atoms with Crippen LogP contribution in [0.3, 0.4) is 0 Å². The summed E-state index contributed by atoms with van der Waals surface area (Å²) in [4.78, 5) is 4.36. The fourth-order valence-corrected chi connectivity index (χ4v) is 2.74. The smallest absolute Gasteiger partial charge is 0.258 e. The zero-order valence-corrected chi connectivity index (χ0v) is 13.3. The second-order valence-corrected chi connectivity index (χ2v) is 5.83. The normalized spacial score (nSPS) is 10.8. The minimum absolute atomic E-state index is 0.0152. The quantitative estimate of drug-likeness (QED) is 0.706. The second kappa shape index (κ2) is 5.50. The fourth-order valence-electron chi connectivity index (χ4n) is 1.89. The molecule has 3 rings (SSSR count). The standard InChI is InChI=1S/C15H10BrClN2O2/c1-8-2-4-10(11(16)6-8)14-18-15(21-19-14)9-3-5-13(20)12(17)7-9/h2-7,20H,1H3. The Hall–Kier alpha value is -1.85. The van der Waals surface area contributed by atoms with E-state index in [0.29, 0.717) is 17.3 Å². The molecule has 0 aliphatic heterocycles. The molecule has 1 N–H and O–H groups in total. The second-order valence-electron chi connectivity index (χ2n) is 4.57. The van der Waals surface area contributed by atoms with E-state index in [1.165, 1.54) is 6.07 Å². The Morgan fingerprint density at radius 2 is 2.00 bits per heavy atom. The van der Waals surface area contributed by atoms with E-state index in [1.54, 1.807) is 12.1 Å². The highest BCUT2D eigenvalue weighted by molar-refractivity contribution is 9.10. The van der Waals surface area contributed by atoms with Crippen molar-refractivity contribution in [3.63, 3.8) is 0 Å². The van der Waals surface area contributed by atoms with Crippen LogP contribution in [0.4, 0.5) is 0 Å². The average molecular weight is 366 g/mol. The summed E-state index contributed by atoms with van der Waals surface area (Å²) in [6, 6.07) is 10.6. The molecule has 3 aromatic rings. The average Bonchev–Trinajstić information content (AvgIpc) is 2.91. The van der Waals surface area contributed by atoms with E-state index in [0.717, 1.165) is 15.6 Å². The van der Waals surface area contributed by atoms with Crippen molar-refractivity contribution in [3.05, 3.63) is 51.5 Å². The van der Waals surface area contributed by atoms with Gasteiger partial charge in [0.1, 0.15) is 5.75 Å². The summed E-state index contributed by atoms with van der Waals surface area (Å²) in [6.45, 7) is 2.01. The molecular weight excluding hydrogens is 356 g/mol. The van der Waals surface area contributed by atoms with E-state index in [-0.39, 0.29) is 10.8 Å². The zero-order valence-electron chi connectivity index (χ0n) is 11.0. The molecule has 1 aromatic heterocycles. The molecule has 0 spiro atoms. The van der Waals surface area contributed by atoms with Crippen molar-refractivity contribution in [2.24, 2.45) is 0 Å². The molecule has 0 aliphatic rings. The Balaban J connectivity index is 2.01. The number of benzene rings is 2. The molecule has 0 radical (unpaired) electrons. The Morgan fingerprint density at radius 3 is 2.71 bits per heavy atom. The monoisotopic (exact) mass is 364 g/mol. The lowest BCUT2D eigenvalue weighted by molar-refractivity contribution is 0.432. The fraction of sp³-hybridized carbons (Fsp3) is 0.0667. The molecule has 0 atom stereocenters. The maximum absolute atomic E-state index is 9.43. The minimum Gasteiger partial charge on any atom is -0.506 e. The van der Waals surface area contributed by atoms with Crippen molar-refractivity contribution in [1.82, 2.24) is 10.1 Å². The lowest BCUT2D eigenvalue weighted by Crippen LogP contribution is -1.84. The highest BCUT2D eigenvalue weighted by Crippen LogP contribution is 2.31. The summed E-state index contributed by atoms with van der Waals surface area (Å²) in [5.74, 6) is 0.849. The van der Waals surface area contributed by atoms with E-state index in [9.17, 15) is 5.11 Å². The third-order valence-electron chi connectivity index (χ3n) is 2.99. The number of halogens is 2. The molecule has 21 heavy (non-hydrogen) atoms. The molecule has 106 valence electrons. The Morgan fingerprint density at radius 1 is 1.19 bits per heavy atom. The topological polar surface area (TPSA) is 59.2 Å². The first-order valence-corrected chi connectivity index (χ1v) is 7.31.